The van der Waals surface area contributed by atoms with Gasteiger partial charge in [-0.3, -0.25) is 5.10 Å². The maximum atomic E-state index is 4.46. The Hall–Kier alpha value is -3.10. The Bertz CT molecular complexity index is 1410. The molecule has 1 fully saturated rings. The lowest BCUT2D eigenvalue weighted by Crippen LogP contribution is -2.26. The Balaban J connectivity index is 1.19. The minimum absolute atomic E-state index is 0.675. The van der Waals surface area contributed by atoms with E-state index in [0.29, 0.717) is 6.54 Å². The second-order valence-electron chi connectivity index (χ2n) is 8.95. The summed E-state index contributed by atoms with van der Waals surface area (Å²) < 4.78 is 1.90. The van der Waals surface area contributed by atoms with Crippen molar-refractivity contribution in [3.05, 3.63) is 60.0 Å². The average molecular weight is 458 g/mol. The first kappa shape index (κ1) is 20.5. The minimum atomic E-state index is 0.675. The highest BCUT2D eigenvalue weighted by Crippen LogP contribution is 2.31. The normalized spacial score (nSPS) is 14.3. The predicted octanol–water partition coefficient (Wildman–Crippen LogP) is 4.96. The molecule has 3 aromatic heterocycles. The summed E-state index contributed by atoms with van der Waals surface area (Å²) in [5, 5.41) is 22.0. The Morgan fingerprint density at radius 2 is 2.09 bits per heavy atom. The molecule has 6 rings (SSSR count). The number of thioether (sulfide) groups is 1. The molecular weight excluding hydrogens is 430 g/mol. The Morgan fingerprint density at radius 3 is 2.94 bits per heavy atom. The summed E-state index contributed by atoms with van der Waals surface area (Å²) in [6.45, 7) is 2.69. The molecule has 8 heteroatoms. The van der Waals surface area contributed by atoms with Gasteiger partial charge in [0.25, 0.3) is 0 Å². The molecule has 3 heterocycles. The molecule has 0 spiro atoms. The van der Waals surface area contributed by atoms with Crippen LogP contribution in [-0.4, -0.2) is 43.0 Å². The maximum absolute atomic E-state index is 4.46. The zero-order valence-electron chi connectivity index (χ0n) is 18.6. The molecule has 1 saturated carbocycles. The second-order valence-corrected chi connectivity index (χ2v) is 9.83. The molecule has 1 aliphatic rings. The van der Waals surface area contributed by atoms with Gasteiger partial charge in [-0.15, -0.1) is 16.9 Å². The zero-order chi connectivity index (χ0) is 22.2. The highest BCUT2D eigenvalue weighted by Gasteiger charge is 2.16. The molecular formula is C25H27N7S. The van der Waals surface area contributed by atoms with E-state index >= 15 is 0 Å². The molecule has 1 aliphatic carbocycles. The van der Waals surface area contributed by atoms with Crippen LogP contribution in [0.3, 0.4) is 0 Å². The number of benzene rings is 2. The van der Waals surface area contributed by atoms with E-state index in [4.69, 9.17) is 0 Å². The molecule has 0 amide bonds. The summed E-state index contributed by atoms with van der Waals surface area (Å²) in [5.74, 6) is 0.876. The highest BCUT2D eigenvalue weighted by atomic mass is 32.2. The van der Waals surface area contributed by atoms with Crippen LogP contribution >= 0.6 is 11.8 Å². The summed E-state index contributed by atoms with van der Waals surface area (Å²) in [5.41, 5.74) is 6.53. The van der Waals surface area contributed by atoms with Gasteiger partial charge in [0, 0.05) is 33.6 Å². The van der Waals surface area contributed by atoms with Gasteiger partial charge < -0.3 is 10.3 Å². The number of rotatable bonds is 8. The fraction of sp³-hybridized carbons (Fsp3) is 0.320. The van der Waals surface area contributed by atoms with Gasteiger partial charge in [-0.05, 0) is 66.8 Å². The Morgan fingerprint density at radius 1 is 1.15 bits per heavy atom. The number of hydrogen-bond donors (Lipinski definition) is 3. The largest absolute Gasteiger partial charge is 0.357 e. The third kappa shape index (κ3) is 4.16. The number of nitrogens with one attached hydrogen (secondary N) is 3. The van der Waals surface area contributed by atoms with Crippen LogP contribution in [0.15, 0.2) is 53.7 Å². The SMILES string of the molecule is CSc1cc(-c2cn(Cc3ccc4cc(CNCC5CCC5)[nH]c4c3)nn2)c2cn[nH]c2c1. The number of hydrogen-bond acceptors (Lipinski definition) is 5. The summed E-state index contributed by atoms with van der Waals surface area (Å²) in [4.78, 5) is 4.74. The van der Waals surface area contributed by atoms with Crippen molar-refractivity contribution in [1.82, 2.24) is 35.5 Å². The fourth-order valence-corrected chi connectivity index (χ4v) is 5.05. The fourth-order valence-electron chi connectivity index (χ4n) is 4.58. The van der Waals surface area contributed by atoms with Gasteiger partial charge in [-0.25, -0.2) is 4.68 Å². The standard InChI is InChI=1S/C25H27N7S/c1-33-20-9-21(22-13-27-29-24(22)10-20)25-15-32(31-30-25)14-17-5-6-18-8-19(28-23(18)7-17)12-26-11-16-3-2-4-16/h5-10,13,15-16,26,28H,2-4,11-12,14H2,1H3,(H,27,29). The molecule has 0 atom stereocenters. The molecule has 33 heavy (non-hydrogen) atoms. The Labute approximate surface area is 196 Å². The van der Waals surface area contributed by atoms with Gasteiger partial charge in [0.15, 0.2) is 0 Å². The van der Waals surface area contributed by atoms with Gasteiger partial charge in [-0.2, -0.15) is 5.10 Å². The zero-order valence-corrected chi connectivity index (χ0v) is 19.5. The molecule has 0 bridgehead atoms. The number of aromatic nitrogens is 6. The van der Waals surface area contributed by atoms with Crippen molar-refractivity contribution in [3.63, 3.8) is 0 Å². The first-order valence-electron chi connectivity index (χ1n) is 11.5. The first-order chi connectivity index (χ1) is 16.2. The van der Waals surface area contributed by atoms with E-state index in [1.807, 2.05) is 17.1 Å². The summed E-state index contributed by atoms with van der Waals surface area (Å²) in [6.07, 6.45) is 10.1. The molecule has 0 aliphatic heterocycles. The number of aromatic amines is 2. The predicted molar refractivity (Wildman–Crippen MR) is 133 cm³/mol. The van der Waals surface area contributed by atoms with Crippen LogP contribution in [0.1, 0.15) is 30.5 Å². The van der Waals surface area contributed by atoms with Gasteiger partial charge in [0.05, 0.1) is 24.5 Å². The van der Waals surface area contributed by atoms with Crippen molar-refractivity contribution in [1.29, 1.82) is 0 Å². The molecule has 168 valence electrons. The smallest absolute Gasteiger partial charge is 0.113 e. The van der Waals surface area contributed by atoms with Gasteiger partial charge in [0.1, 0.15) is 5.69 Å². The van der Waals surface area contributed by atoms with Crippen LogP contribution in [-0.2, 0) is 13.1 Å². The summed E-state index contributed by atoms with van der Waals surface area (Å²) >= 11 is 1.71. The third-order valence-corrected chi connectivity index (χ3v) is 7.35. The van der Waals surface area contributed by atoms with Gasteiger partial charge in [0.2, 0.25) is 0 Å². The minimum Gasteiger partial charge on any atom is -0.357 e. The van der Waals surface area contributed by atoms with E-state index < -0.39 is 0 Å². The van der Waals surface area contributed by atoms with E-state index in [-0.39, 0.29) is 0 Å². The number of H-pyrrole nitrogens is 2. The van der Waals surface area contributed by atoms with E-state index in [2.05, 4.69) is 73.5 Å². The molecule has 3 N–H and O–H groups in total. The lowest BCUT2D eigenvalue weighted by molar-refractivity contribution is 0.301. The highest BCUT2D eigenvalue weighted by molar-refractivity contribution is 7.98. The number of fused-ring (bicyclic) bond motifs is 2. The van der Waals surface area contributed by atoms with Crippen molar-refractivity contribution in [2.75, 3.05) is 12.8 Å². The van der Waals surface area contributed by atoms with Crippen LogP contribution in [0.2, 0.25) is 0 Å². The molecule has 0 unspecified atom stereocenters. The van der Waals surface area contributed by atoms with Crippen molar-refractivity contribution < 1.29 is 0 Å². The van der Waals surface area contributed by atoms with E-state index in [1.165, 1.54) is 46.3 Å². The van der Waals surface area contributed by atoms with Gasteiger partial charge in [-0.1, -0.05) is 23.8 Å². The molecule has 5 aromatic rings. The van der Waals surface area contributed by atoms with Crippen LogP contribution in [0.25, 0.3) is 33.1 Å². The van der Waals surface area contributed by atoms with Crippen molar-refractivity contribution in [2.24, 2.45) is 5.92 Å². The van der Waals surface area contributed by atoms with Crippen molar-refractivity contribution in [2.45, 2.75) is 37.2 Å². The molecule has 7 nitrogen and oxygen atoms in total. The topological polar surface area (TPSA) is 87.2 Å². The molecule has 2 aromatic carbocycles. The van der Waals surface area contributed by atoms with Crippen LogP contribution in [0, 0.1) is 5.92 Å². The monoisotopic (exact) mass is 457 g/mol. The lowest BCUT2D eigenvalue weighted by atomic mass is 9.85. The van der Waals surface area contributed by atoms with Crippen LogP contribution in [0.5, 0.6) is 0 Å². The molecule has 0 radical (unpaired) electrons. The molecule has 0 saturated heterocycles. The van der Waals surface area contributed by atoms with Gasteiger partial charge >= 0.3 is 0 Å². The van der Waals surface area contributed by atoms with E-state index in [0.717, 1.165) is 41.2 Å². The van der Waals surface area contributed by atoms with Crippen LogP contribution in [0.4, 0.5) is 0 Å². The first-order valence-corrected chi connectivity index (χ1v) is 12.7. The van der Waals surface area contributed by atoms with E-state index in [9.17, 15) is 0 Å². The van der Waals surface area contributed by atoms with E-state index in [1.54, 1.807) is 11.8 Å². The number of nitrogens with zero attached hydrogens (tertiary/aromatic N) is 4. The average Bonchev–Trinajstić information content (AvgIpc) is 3.53. The Kier molecular flexibility index (Phi) is 5.39. The second kappa shape index (κ2) is 8.68. The maximum Gasteiger partial charge on any atom is 0.113 e. The summed E-state index contributed by atoms with van der Waals surface area (Å²) in [7, 11) is 0. The van der Waals surface area contributed by atoms with Crippen LogP contribution < -0.4 is 5.32 Å². The van der Waals surface area contributed by atoms with Crippen molar-refractivity contribution in [3.8, 4) is 11.3 Å². The lowest BCUT2D eigenvalue weighted by Gasteiger charge is -2.25. The van der Waals surface area contributed by atoms with Crippen molar-refractivity contribution >= 4 is 33.6 Å². The third-order valence-electron chi connectivity index (χ3n) is 6.64. The quantitative estimate of drug-likeness (QED) is 0.287. The summed E-state index contributed by atoms with van der Waals surface area (Å²) in [6, 6.07) is 13.1.